The summed E-state index contributed by atoms with van der Waals surface area (Å²) in [7, 11) is 0. The highest BCUT2D eigenvalue weighted by molar-refractivity contribution is 5.79. The number of nitrogens with one attached hydrogen (secondary N) is 2. The zero-order valence-corrected chi connectivity index (χ0v) is 9.87. The molecule has 1 aliphatic carbocycles. The molecule has 0 aromatic carbocycles. The average molecular weight is 225 g/mol. The second-order valence-electron chi connectivity index (χ2n) is 5.14. The minimum absolute atomic E-state index is 0.233. The number of piperidine rings is 1. The molecule has 0 radical (unpaired) electrons. The normalized spacial score (nSPS) is 32.3. The van der Waals surface area contributed by atoms with Gasteiger partial charge in [-0.3, -0.25) is 4.79 Å². The first kappa shape index (κ1) is 11.9. The van der Waals surface area contributed by atoms with Crippen molar-refractivity contribution in [1.82, 2.24) is 10.6 Å². The first-order valence-electron chi connectivity index (χ1n) is 6.52. The molecular weight excluding hydrogens is 202 g/mol. The molecule has 4 nitrogen and oxygen atoms in total. The van der Waals surface area contributed by atoms with Crippen LogP contribution >= 0.6 is 0 Å². The summed E-state index contributed by atoms with van der Waals surface area (Å²) in [5, 5.41) is 6.47. The van der Waals surface area contributed by atoms with Gasteiger partial charge in [0.05, 0.1) is 0 Å². The molecule has 1 aliphatic heterocycles. The molecular formula is C12H23N3O. The molecule has 0 aromatic rings. The van der Waals surface area contributed by atoms with Crippen LogP contribution < -0.4 is 16.4 Å². The van der Waals surface area contributed by atoms with Gasteiger partial charge in [0.15, 0.2) is 0 Å². The van der Waals surface area contributed by atoms with Gasteiger partial charge in [-0.1, -0.05) is 0 Å². The van der Waals surface area contributed by atoms with E-state index >= 15 is 0 Å². The maximum atomic E-state index is 12.0. The molecule has 2 aliphatic rings. The van der Waals surface area contributed by atoms with Gasteiger partial charge in [-0.05, 0) is 51.6 Å². The first-order valence-corrected chi connectivity index (χ1v) is 6.52. The van der Waals surface area contributed by atoms with Crippen LogP contribution in [0.5, 0.6) is 0 Å². The number of nitrogens with two attached hydrogens (primary N) is 1. The fraction of sp³-hybridized carbons (Fsp3) is 0.917. The molecule has 0 atom stereocenters. The molecule has 1 saturated carbocycles. The fourth-order valence-electron chi connectivity index (χ4n) is 2.67. The molecule has 1 saturated heterocycles. The lowest BCUT2D eigenvalue weighted by atomic mass is 9.90. The Morgan fingerprint density at radius 1 is 1.06 bits per heavy atom. The van der Waals surface area contributed by atoms with Crippen molar-refractivity contribution in [2.45, 2.75) is 50.6 Å². The van der Waals surface area contributed by atoms with Crippen LogP contribution in [0.4, 0.5) is 0 Å². The summed E-state index contributed by atoms with van der Waals surface area (Å²) in [6, 6.07) is 0.731. The van der Waals surface area contributed by atoms with Gasteiger partial charge in [-0.15, -0.1) is 0 Å². The lowest BCUT2D eigenvalue weighted by Crippen LogP contribution is -2.45. The summed E-state index contributed by atoms with van der Waals surface area (Å²) in [6.07, 6.45) is 6.18. The van der Waals surface area contributed by atoms with Crippen molar-refractivity contribution in [3.63, 3.8) is 0 Å². The number of carbonyl (C=O) groups excluding carboxylic acids is 1. The third kappa shape index (κ3) is 3.19. The zero-order valence-electron chi connectivity index (χ0n) is 9.87. The molecule has 92 valence electrons. The predicted octanol–water partition coefficient (Wildman–Crippen LogP) is 0.372. The Morgan fingerprint density at radius 3 is 2.31 bits per heavy atom. The van der Waals surface area contributed by atoms with Crippen molar-refractivity contribution in [3.8, 4) is 0 Å². The van der Waals surface area contributed by atoms with Gasteiger partial charge in [-0.2, -0.15) is 0 Å². The zero-order chi connectivity index (χ0) is 11.4. The molecule has 2 rings (SSSR count). The van der Waals surface area contributed by atoms with E-state index in [0.717, 1.165) is 51.6 Å². The van der Waals surface area contributed by atoms with E-state index in [1.807, 2.05) is 0 Å². The van der Waals surface area contributed by atoms with Crippen LogP contribution in [0.2, 0.25) is 0 Å². The van der Waals surface area contributed by atoms with Crippen LogP contribution in [-0.2, 0) is 4.79 Å². The van der Waals surface area contributed by atoms with Crippen molar-refractivity contribution >= 4 is 5.91 Å². The highest BCUT2D eigenvalue weighted by atomic mass is 16.1. The van der Waals surface area contributed by atoms with E-state index in [1.165, 1.54) is 0 Å². The van der Waals surface area contributed by atoms with Crippen LogP contribution in [0.15, 0.2) is 0 Å². The topological polar surface area (TPSA) is 67.1 Å². The highest BCUT2D eigenvalue weighted by Crippen LogP contribution is 2.18. The van der Waals surface area contributed by atoms with E-state index < -0.39 is 0 Å². The molecule has 0 spiro atoms. The van der Waals surface area contributed by atoms with Crippen LogP contribution in [0.1, 0.15) is 38.5 Å². The van der Waals surface area contributed by atoms with E-state index in [0.29, 0.717) is 12.1 Å². The Bertz CT molecular complexity index is 230. The summed E-state index contributed by atoms with van der Waals surface area (Å²) in [4.78, 5) is 12.0. The van der Waals surface area contributed by atoms with Crippen molar-refractivity contribution in [2.24, 2.45) is 11.7 Å². The highest BCUT2D eigenvalue weighted by Gasteiger charge is 2.25. The van der Waals surface area contributed by atoms with E-state index in [1.54, 1.807) is 0 Å². The van der Waals surface area contributed by atoms with Crippen molar-refractivity contribution in [3.05, 3.63) is 0 Å². The summed E-state index contributed by atoms with van der Waals surface area (Å²) in [6.45, 7) is 1.96. The van der Waals surface area contributed by atoms with E-state index in [-0.39, 0.29) is 11.8 Å². The maximum absolute atomic E-state index is 12.0. The number of rotatable bonds is 2. The monoisotopic (exact) mass is 225 g/mol. The van der Waals surface area contributed by atoms with Gasteiger partial charge in [-0.25, -0.2) is 0 Å². The summed E-state index contributed by atoms with van der Waals surface area (Å²) < 4.78 is 0. The molecule has 1 amide bonds. The Morgan fingerprint density at radius 2 is 1.69 bits per heavy atom. The fourth-order valence-corrected chi connectivity index (χ4v) is 2.67. The summed E-state index contributed by atoms with van der Waals surface area (Å²) in [5.41, 5.74) is 5.85. The summed E-state index contributed by atoms with van der Waals surface area (Å²) >= 11 is 0. The van der Waals surface area contributed by atoms with Crippen molar-refractivity contribution in [1.29, 1.82) is 0 Å². The SMILES string of the molecule is NC1CCC(NC(=O)C2CCNCC2)CC1. The van der Waals surface area contributed by atoms with E-state index in [2.05, 4.69) is 10.6 Å². The van der Waals surface area contributed by atoms with Crippen LogP contribution in [-0.4, -0.2) is 31.1 Å². The van der Waals surface area contributed by atoms with Gasteiger partial charge in [0, 0.05) is 18.0 Å². The Balaban J connectivity index is 1.73. The Labute approximate surface area is 97.3 Å². The summed E-state index contributed by atoms with van der Waals surface area (Å²) in [5.74, 6) is 0.499. The minimum Gasteiger partial charge on any atom is -0.353 e. The lowest BCUT2D eigenvalue weighted by molar-refractivity contribution is -0.126. The standard InChI is InChI=1S/C12H23N3O/c13-10-1-3-11(4-2-10)15-12(16)9-5-7-14-8-6-9/h9-11,14H,1-8,13H2,(H,15,16). The molecule has 16 heavy (non-hydrogen) atoms. The smallest absolute Gasteiger partial charge is 0.223 e. The second kappa shape index (κ2) is 5.64. The van der Waals surface area contributed by atoms with Gasteiger partial charge in [0.25, 0.3) is 0 Å². The molecule has 1 heterocycles. The average Bonchev–Trinajstić information content (AvgIpc) is 2.33. The van der Waals surface area contributed by atoms with Gasteiger partial charge in [0.1, 0.15) is 0 Å². The van der Waals surface area contributed by atoms with E-state index in [4.69, 9.17) is 5.73 Å². The van der Waals surface area contributed by atoms with Crippen molar-refractivity contribution < 1.29 is 4.79 Å². The largest absolute Gasteiger partial charge is 0.353 e. The lowest BCUT2D eigenvalue weighted by Gasteiger charge is -2.29. The van der Waals surface area contributed by atoms with Gasteiger partial charge < -0.3 is 16.4 Å². The Hall–Kier alpha value is -0.610. The maximum Gasteiger partial charge on any atom is 0.223 e. The quantitative estimate of drug-likeness (QED) is 0.636. The Kier molecular flexibility index (Phi) is 4.18. The number of hydrogen-bond donors (Lipinski definition) is 3. The molecule has 0 aromatic heterocycles. The van der Waals surface area contributed by atoms with E-state index in [9.17, 15) is 4.79 Å². The van der Waals surface area contributed by atoms with Crippen LogP contribution in [0, 0.1) is 5.92 Å². The predicted molar refractivity (Wildman–Crippen MR) is 64.0 cm³/mol. The third-order valence-corrected chi connectivity index (χ3v) is 3.83. The first-order chi connectivity index (χ1) is 7.75. The molecule has 4 N–H and O–H groups in total. The molecule has 0 bridgehead atoms. The number of carbonyl (C=O) groups is 1. The number of hydrogen-bond acceptors (Lipinski definition) is 3. The van der Waals surface area contributed by atoms with Gasteiger partial charge in [0.2, 0.25) is 5.91 Å². The van der Waals surface area contributed by atoms with Crippen LogP contribution in [0.3, 0.4) is 0 Å². The van der Waals surface area contributed by atoms with Crippen molar-refractivity contribution in [2.75, 3.05) is 13.1 Å². The third-order valence-electron chi connectivity index (χ3n) is 3.83. The van der Waals surface area contributed by atoms with Gasteiger partial charge >= 0.3 is 0 Å². The molecule has 2 fully saturated rings. The van der Waals surface area contributed by atoms with Crippen LogP contribution in [0.25, 0.3) is 0 Å². The second-order valence-corrected chi connectivity index (χ2v) is 5.14. The molecule has 4 heteroatoms. The minimum atomic E-state index is 0.233. The molecule has 0 unspecified atom stereocenters. The number of amides is 1.